The zero-order chi connectivity index (χ0) is 17.4. The minimum Gasteiger partial charge on any atom is -0.444 e. The van der Waals surface area contributed by atoms with E-state index in [1.807, 2.05) is 0 Å². The van der Waals surface area contributed by atoms with Gasteiger partial charge in [-0.05, 0) is 46.0 Å². The molecule has 1 saturated carbocycles. The second-order valence-corrected chi connectivity index (χ2v) is 7.27. The highest BCUT2D eigenvalue weighted by molar-refractivity contribution is 5.82. The first kappa shape index (κ1) is 17.9. The van der Waals surface area contributed by atoms with E-state index < -0.39 is 23.8 Å². The highest BCUT2D eigenvalue weighted by atomic mass is 19.4. The van der Waals surface area contributed by atoms with Crippen molar-refractivity contribution < 1.29 is 27.5 Å². The van der Waals surface area contributed by atoms with Crippen molar-refractivity contribution in [3.05, 3.63) is 0 Å². The first-order chi connectivity index (χ1) is 10.5. The topological polar surface area (TPSA) is 49.9 Å². The van der Waals surface area contributed by atoms with E-state index in [1.165, 1.54) is 4.90 Å². The Morgan fingerprint density at radius 2 is 1.78 bits per heavy atom. The van der Waals surface area contributed by atoms with Crippen LogP contribution < -0.4 is 0 Å². The van der Waals surface area contributed by atoms with Crippen molar-refractivity contribution in [2.24, 2.45) is 5.92 Å². The van der Waals surface area contributed by atoms with Crippen LogP contribution in [0.4, 0.5) is 18.0 Å². The van der Waals surface area contributed by atoms with Crippen molar-refractivity contribution in [1.82, 2.24) is 9.80 Å². The van der Waals surface area contributed by atoms with Gasteiger partial charge >= 0.3 is 18.2 Å². The Bertz CT molecular complexity index is 470. The van der Waals surface area contributed by atoms with Gasteiger partial charge in [-0.3, -0.25) is 4.79 Å². The molecular weight excluding hydrogens is 313 g/mol. The number of rotatable bonds is 3. The molecule has 1 unspecified atom stereocenters. The van der Waals surface area contributed by atoms with Crippen molar-refractivity contribution in [3.63, 3.8) is 0 Å². The molecule has 1 aliphatic carbocycles. The Morgan fingerprint density at radius 3 is 2.26 bits per heavy atom. The minimum absolute atomic E-state index is 0.0440. The highest BCUT2D eigenvalue weighted by Crippen LogP contribution is 2.33. The smallest absolute Gasteiger partial charge is 0.444 e. The van der Waals surface area contributed by atoms with Gasteiger partial charge in [0, 0.05) is 25.7 Å². The van der Waals surface area contributed by atoms with Crippen LogP contribution in [-0.4, -0.2) is 59.3 Å². The van der Waals surface area contributed by atoms with E-state index in [4.69, 9.17) is 4.74 Å². The van der Waals surface area contributed by atoms with Gasteiger partial charge in [-0.2, -0.15) is 13.2 Å². The van der Waals surface area contributed by atoms with Gasteiger partial charge in [0.1, 0.15) is 5.60 Å². The van der Waals surface area contributed by atoms with Crippen LogP contribution in [0.1, 0.15) is 40.0 Å². The van der Waals surface area contributed by atoms with Crippen LogP contribution in [0.15, 0.2) is 0 Å². The predicted octanol–water partition coefficient (Wildman–Crippen LogP) is 2.80. The fraction of sp³-hybridized carbons (Fsp3) is 0.867. The molecule has 0 aromatic carbocycles. The van der Waals surface area contributed by atoms with Crippen LogP contribution in [0.5, 0.6) is 0 Å². The lowest BCUT2D eigenvalue weighted by Crippen LogP contribution is -2.45. The van der Waals surface area contributed by atoms with E-state index >= 15 is 0 Å². The maximum Gasteiger partial charge on any atom is 0.471 e. The zero-order valence-electron chi connectivity index (χ0n) is 13.7. The van der Waals surface area contributed by atoms with Crippen molar-refractivity contribution in [2.75, 3.05) is 19.6 Å². The second kappa shape index (κ2) is 6.20. The van der Waals surface area contributed by atoms with E-state index in [0.717, 1.165) is 4.90 Å². The van der Waals surface area contributed by atoms with Gasteiger partial charge in [0.15, 0.2) is 0 Å². The average molecular weight is 336 g/mol. The van der Waals surface area contributed by atoms with E-state index in [-0.39, 0.29) is 18.5 Å². The summed E-state index contributed by atoms with van der Waals surface area (Å²) < 4.78 is 43.3. The molecule has 8 heteroatoms. The third-order valence-electron chi connectivity index (χ3n) is 3.88. The van der Waals surface area contributed by atoms with Crippen LogP contribution >= 0.6 is 0 Å². The Morgan fingerprint density at radius 1 is 1.17 bits per heavy atom. The van der Waals surface area contributed by atoms with Crippen LogP contribution in [0.25, 0.3) is 0 Å². The quantitative estimate of drug-likeness (QED) is 0.796. The molecule has 1 atom stereocenters. The number of hydrogen-bond donors (Lipinski definition) is 0. The SMILES string of the molecule is CC(C)(C)OC(=O)N1CCC(CN(C(=O)C(F)(F)F)C2CC2)C1. The van der Waals surface area contributed by atoms with Gasteiger partial charge in [0.25, 0.3) is 0 Å². The van der Waals surface area contributed by atoms with Crippen LogP contribution in [0.3, 0.4) is 0 Å². The number of carbonyl (C=O) groups excluding carboxylic acids is 2. The fourth-order valence-electron chi connectivity index (χ4n) is 2.70. The summed E-state index contributed by atoms with van der Waals surface area (Å²) in [7, 11) is 0. The minimum atomic E-state index is -4.84. The lowest BCUT2D eigenvalue weighted by molar-refractivity contribution is -0.186. The number of carbonyl (C=O) groups is 2. The van der Waals surface area contributed by atoms with Crippen molar-refractivity contribution in [2.45, 2.75) is 57.9 Å². The predicted molar refractivity (Wildman–Crippen MR) is 76.7 cm³/mol. The van der Waals surface area contributed by atoms with Crippen LogP contribution in [0, 0.1) is 5.92 Å². The van der Waals surface area contributed by atoms with Crippen molar-refractivity contribution in [3.8, 4) is 0 Å². The van der Waals surface area contributed by atoms with Gasteiger partial charge in [-0.1, -0.05) is 0 Å². The molecule has 0 N–H and O–H groups in total. The zero-order valence-corrected chi connectivity index (χ0v) is 13.7. The van der Waals surface area contributed by atoms with E-state index in [1.54, 1.807) is 20.8 Å². The molecule has 2 rings (SSSR count). The summed E-state index contributed by atoms with van der Waals surface area (Å²) in [5.74, 6) is -1.91. The first-order valence-corrected chi connectivity index (χ1v) is 7.83. The molecule has 1 saturated heterocycles. The Kier molecular flexibility index (Phi) is 4.82. The maximum atomic E-state index is 12.7. The van der Waals surface area contributed by atoms with Crippen molar-refractivity contribution in [1.29, 1.82) is 0 Å². The molecule has 0 aromatic heterocycles. The normalized spacial score (nSPS) is 22.2. The average Bonchev–Trinajstić information content (AvgIpc) is 3.10. The largest absolute Gasteiger partial charge is 0.471 e. The molecule has 2 aliphatic rings. The van der Waals surface area contributed by atoms with E-state index in [2.05, 4.69) is 0 Å². The molecule has 23 heavy (non-hydrogen) atoms. The third-order valence-corrected chi connectivity index (χ3v) is 3.88. The van der Waals surface area contributed by atoms with Gasteiger partial charge < -0.3 is 14.5 Å². The number of halogens is 3. The molecular formula is C15H23F3N2O3. The van der Waals surface area contributed by atoms with Crippen LogP contribution in [0.2, 0.25) is 0 Å². The second-order valence-electron chi connectivity index (χ2n) is 7.27. The first-order valence-electron chi connectivity index (χ1n) is 7.83. The van der Waals surface area contributed by atoms with Gasteiger partial charge in [-0.25, -0.2) is 4.79 Å². The summed E-state index contributed by atoms with van der Waals surface area (Å²) in [4.78, 5) is 25.9. The number of alkyl halides is 3. The lowest BCUT2D eigenvalue weighted by Gasteiger charge is -2.27. The Balaban J connectivity index is 1.91. The summed E-state index contributed by atoms with van der Waals surface area (Å²) in [5, 5.41) is 0. The molecule has 2 fully saturated rings. The third kappa shape index (κ3) is 5.00. The molecule has 0 spiro atoms. The molecule has 0 bridgehead atoms. The molecule has 0 aromatic rings. The summed E-state index contributed by atoms with van der Waals surface area (Å²) in [6.45, 7) is 6.09. The van der Waals surface area contributed by atoms with Crippen molar-refractivity contribution >= 4 is 12.0 Å². The lowest BCUT2D eigenvalue weighted by atomic mass is 10.1. The molecule has 2 amide bonds. The summed E-state index contributed by atoms with van der Waals surface area (Å²) in [5.41, 5.74) is -0.610. The molecule has 1 heterocycles. The summed E-state index contributed by atoms with van der Waals surface area (Å²) in [6.07, 6.45) is -3.49. The highest BCUT2D eigenvalue weighted by Gasteiger charge is 2.48. The number of nitrogens with zero attached hydrogens (tertiary/aromatic N) is 2. The standard InChI is InChI=1S/C15H23F3N2O3/c1-14(2,3)23-13(22)19-7-6-10(8-19)9-20(11-4-5-11)12(21)15(16,17)18/h10-11H,4-9H2,1-3H3. The molecule has 132 valence electrons. The van der Waals surface area contributed by atoms with Gasteiger partial charge in [-0.15, -0.1) is 0 Å². The molecule has 5 nitrogen and oxygen atoms in total. The molecule has 0 radical (unpaired) electrons. The van der Waals surface area contributed by atoms with Crippen LogP contribution in [-0.2, 0) is 9.53 Å². The summed E-state index contributed by atoms with van der Waals surface area (Å²) in [6, 6.07) is -0.306. The molecule has 1 aliphatic heterocycles. The number of likely N-dealkylation sites (tertiary alicyclic amines) is 1. The maximum absolute atomic E-state index is 12.7. The monoisotopic (exact) mass is 336 g/mol. The van der Waals surface area contributed by atoms with Gasteiger partial charge in [0.2, 0.25) is 0 Å². The fourth-order valence-corrected chi connectivity index (χ4v) is 2.70. The number of amides is 2. The van der Waals surface area contributed by atoms with E-state index in [0.29, 0.717) is 32.4 Å². The number of hydrogen-bond acceptors (Lipinski definition) is 3. The Hall–Kier alpha value is -1.47. The number of ether oxygens (including phenoxy) is 1. The van der Waals surface area contributed by atoms with Gasteiger partial charge in [0.05, 0.1) is 0 Å². The Labute approximate surface area is 133 Å². The summed E-state index contributed by atoms with van der Waals surface area (Å²) >= 11 is 0. The van der Waals surface area contributed by atoms with E-state index in [9.17, 15) is 22.8 Å².